The van der Waals surface area contributed by atoms with Gasteiger partial charge in [0.05, 0.1) is 16.8 Å². The average Bonchev–Trinajstić information content (AvgIpc) is 2.62. The predicted molar refractivity (Wildman–Crippen MR) is 48.3 cm³/mol. The molecule has 0 spiro atoms. The summed E-state index contributed by atoms with van der Waals surface area (Å²) < 4.78 is 0. The maximum absolute atomic E-state index is 9.97. The smallest absolute Gasteiger partial charge is 0.0839 e. The van der Waals surface area contributed by atoms with Gasteiger partial charge in [-0.1, -0.05) is 0 Å². The van der Waals surface area contributed by atoms with E-state index in [1.807, 2.05) is 5.38 Å². The summed E-state index contributed by atoms with van der Waals surface area (Å²) in [4.78, 5) is 4.16. The zero-order chi connectivity index (χ0) is 8.44. The molecule has 1 aromatic heterocycles. The summed E-state index contributed by atoms with van der Waals surface area (Å²) in [6, 6.07) is 0. The van der Waals surface area contributed by atoms with Crippen molar-refractivity contribution >= 4 is 11.3 Å². The van der Waals surface area contributed by atoms with Gasteiger partial charge in [0, 0.05) is 18.3 Å². The quantitative estimate of drug-likeness (QED) is 0.699. The lowest BCUT2D eigenvalue weighted by atomic mass is 9.97. The molecule has 1 fully saturated rings. The van der Waals surface area contributed by atoms with Crippen LogP contribution in [0, 0.1) is 0 Å². The third-order valence-electron chi connectivity index (χ3n) is 2.21. The predicted octanol–water partition coefficient (Wildman–Crippen LogP) is 0.410. The summed E-state index contributed by atoms with van der Waals surface area (Å²) in [5, 5.41) is 15.1. The van der Waals surface area contributed by atoms with Gasteiger partial charge < -0.3 is 10.4 Å². The molecule has 1 aromatic rings. The van der Waals surface area contributed by atoms with Gasteiger partial charge in [0.2, 0.25) is 0 Å². The Bertz CT molecular complexity index is 242. The van der Waals surface area contributed by atoms with Crippen LogP contribution in [0.4, 0.5) is 0 Å². The van der Waals surface area contributed by atoms with E-state index in [0.717, 1.165) is 18.7 Å². The molecule has 12 heavy (non-hydrogen) atoms. The second kappa shape index (κ2) is 3.12. The van der Waals surface area contributed by atoms with Crippen LogP contribution in [0.15, 0.2) is 10.9 Å². The van der Waals surface area contributed by atoms with Crippen molar-refractivity contribution in [2.24, 2.45) is 0 Å². The largest absolute Gasteiger partial charge is 0.388 e. The third-order valence-corrected chi connectivity index (χ3v) is 2.85. The number of β-amino-alcohol motifs (C(OH)–C–C–N with tert-alkyl or cyclic N) is 1. The van der Waals surface area contributed by atoms with E-state index in [9.17, 15) is 5.11 Å². The summed E-state index contributed by atoms with van der Waals surface area (Å²) in [5.74, 6) is 0. The number of aliphatic hydroxyl groups is 1. The number of hydrogen-bond acceptors (Lipinski definition) is 4. The van der Waals surface area contributed by atoms with E-state index < -0.39 is 5.60 Å². The van der Waals surface area contributed by atoms with Crippen LogP contribution >= 0.6 is 11.3 Å². The molecular weight excluding hydrogens is 172 g/mol. The Kier molecular flexibility index (Phi) is 2.12. The van der Waals surface area contributed by atoms with Crippen LogP contribution in [-0.4, -0.2) is 28.8 Å². The molecule has 3 nitrogen and oxygen atoms in total. The van der Waals surface area contributed by atoms with Crippen LogP contribution in [0.2, 0.25) is 0 Å². The van der Waals surface area contributed by atoms with Crippen molar-refractivity contribution in [1.82, 2.24) is 10.3 Å². The number of hydrogen-bond donors (Lipinski definition) is 2. The molecule has 0 aliphatic carbocycles. The Morgan fingerprint density at radius 3 is 3.25 bits per heavy atom. The number of aromatic nitrogens is 1. The molecule has 0 amide bonds. The van der Waals surface area contributed by atoms with Crippen LogP contribution < -0.4 is 5.32 Å². The molecule has 0 bridgehead atoms. The van der Waals surface area contributed by atoms with Gasteiger partial charge in [-0.15, -0.1) is 11.3 Å². The Balaban J connectivity index is 2.02. The van der Waals surface area contributed by atoms with Crippen LogP contribution in [0.5, 0.6) is 0 Å². The molecule has 4 heteroatoms. The van der Waals surface area contributed by atoms with E-state index in [4.69, 9.17) is 0 Å². The van der Waals surface area contributed by atoms with Crippen molar-refractivity contribution in [3.05, 3.63) is 16.6 Å². The highest BCUT2D eigenvalue weighted by Gasteiger charge is 2.31. The average molecular weight is 184 g/mol. The van der Waals surface area contributed by atoms with E-state index in [1.165, 1.54) is 0 Å². The highest BCUT2D eigenvalue weighted by Crippen LogP contribution is 2.19. The van der Waals surface area contributed by atoms with Gasteiger partial charge in [-0.2, -0.15) is 0 Å². The van der Waals surface area contributed by atoms with Gasteiger partial charge in [0.25, 0.3) is 0 Å². The van der Waals surface area contributed by atoms with Crippen LogP contribution in [0.3, 0.4) is 0 Å². The first kappa shape index (κ1) is 8.16. The third kappa shape index (κ3) is 1.65. The summed E-state index contributed by atoms with van der Waals surface area (Å²) in [6.07, 6.45) is 1.52. The van der Waals surface area contributed by atoms with Gasteiger partial charge in [-0.25, -0.2) is 4.98 Å². The number of nitrogens with zero attached hydrogens (tertiary/aromatic N) is 1. The van der Waals surface area contributed by atoms with E-state index in [2.05, 4.69) is 10.3 Å². The fraction of sp³-hybridized carbons (Fsp3) is 0.625. The molecule has 1 aliphatic heterocycles. The minimum Gasteiger partial charge on any atom is -0.388 e. The molecule has 1 unspecified atom stereocenters. The van der Waals surface area contributed by atoms with Crippen molar-refractivity contribution in [1.29, 1.82) is 0 Å². The van der Waals surface area contributed by atoms with E-state index in [0.29, 0.717) is 13.0 Å². The topological polar surface area (TPSA) is 45.2 Å². The Morgan fingerprint density at radius 1 is 1.75 bits per heavy atom. The van der Waals surface area contributed by atoms with Gasteiger partial charge in [0.15, 0.2) is 0 Å². The van der Waals surface area contributed by atoms with Crippen LogP contribution in [0.25, 0.3) is 0 Å². The first-order chi connectivity index (χ1) is 5.79. The van der Waals surface area contributed by atoms with Gasteiger partial charge in [-0.05, 0) is 13.0 Å². The molecular formula is C8H12N2OS. The molecule has 2 heterocycles. The minimum absolute atomic E-state index is 0.548. The molecule has 0 saturated carbocycles. The lowest BCUT2D eigenvalue weighted by Gasteiger charge is -2.19. The minimum atomic E-state index is -0.548. The highest BCUT2D eigenvalue weighted by atomic mass is 32.1. The molecule has 0 aromatic carbocycles. The lowest BCUT2D eigenvalue weighted by molar-refractivity contribution is 0.0610. The normalized spacial score (nSPS) is 29.4. The summed E-state index contributed by atoms with van der Waals surface area (Å²) in [5.41, 5.74) is 2.26. The summed E-state index contributed by atoms with van der Waals surface area (Å²) in [6.45, 7) is 1.62. The summed E-state index contributed by atoms with van der Waals surface area (Å²) >= 11 is 1.58. The molecule has 1 atom stereocenters. The first-order valence-corrected chi connectivity index (χ1v) is 5.03. The molecule has 2 rings (SSSR count). The summed E-state index contributed by atoms with van der Waals surface area (Å²) in [7, 11) is 0. The maximum Gasteiger partial charge on any atom is 0.0839 e. The molecule has 0 radical (unpaired) electrons. The standard InChI is InChI=1S/C8H12N2OS/c11-8(1-2-9-5-8)3-7-4-12-6-10-7/h4,6,9,11H,1-3,5H2. The lowest BCUT2D eigenvalue weighted by Crippen LogP contribution is -2.33. The molecule has 2 N–H and O–H groups in total. The Hall–Kier alpha value is -0.450. The van der Waals surface area contributed by atoms with Gasteiger partial charge >= 0.3 is 0 Å². The molecule has 1 saturated heterocycles. The zero-order valence-corrected chi connectivity index (χ0v) is 7.60. The molecule has 66 valence electrons. The second-order valence-corrected chi connectivity index (χ2v) is 4.03. The highest BCUT2D eigenvalue weighted by molar-refractivity contribution is 7.07. The molecule has 1 aliphatic rings. The van der Waals surface area contributed by atoms with Crippen LogP contribution in [0.1, 0.15) is 12.1 Å². The fourth-order valence-electron chi connectivity index (χ4n) is 1.54. The second-order valence-electron chi connectivity index (χ2n) is 3.31. The zero-order valence-electron chi connectivity index (χ0n) is 6.79. The Morgan fingerprint density at radius 2 is 2.67 bits per heavy atom. The van der Waals surface area contributed by atoms with Crippen LogP contribution in [-0.2, 0) is 6.42 Å². The fourth-order valence-corrected chi connectivity index (χ4v) is 2.10. The number of rotatable bonds is 2. The van der Waals surface area contributed by atoms with Crippen molar-refractivity contribution in [2.45, 2.75) is 18.4 Å². The number of nitrogens with one attached hydrogen (secondary N) is 1. The van der Waals surface area contributed by atoms with Crippen molar-refractivity contribution in [3.63, 3.8) is 0 Å². The maximum atomic E-state index is 9.97. The van der Waals surface area contributed by atoms with Gasteiger partial charge in [-0.3, -0.25) is 0 Å². The van der Waals surface area contributed by atoms with E-state index in [1.54, 1.807) is 16.8 Å². The Labute approximate surface area is 75.5 Å². The van der Waals surface area contributed by atoms with Gasteiger partial charge in [0.1, 0.15) is 0 Å². The SMILES string of the molecule is OC1(Cc2cscn2)CCNC1. The monoisotopic (exact) mass is 184 g/mol. The number of thiazole rings is 1. The van der Waals surface area contributed by atoms with E-state index >= 15 is 0 Å². The van der Waals surface area contributed by atoms with Crippen molar-refractivity contribution < 1.29 is 5.11 Å². The van der Waals surface area contributed by atoms with Crippen molar-refractivity contribution in [2.75, 3.05) is 13.1 Å². The van der Waals surface area contributed by atoms with Crippen molar-refractivity contribution in [3.8, 4) is 0 Å². The first-order valence-electron chi connectivity index (χ1n) is 4.09. The van der Waals surface area contributed by atoms with E-state index in [-0.39, 0.29) is 0 Å².